The Kier molecular flexibility index (Phi) is 4.15. The van der Waals surface area contributed by atoms with Crippen molar-refractivity contribution in [2.75, 3.05) is 6.61 Å². The van der Waals surface area contributed by atoms with Gasteiger partial charge in [-0.05, 0) is 18.9 Å². The molecule has 2 rings (SSSR count). The van der Waals surface area contributed by atoms with Crippen molar-refractivity contribution in [3.63, 3.8) is 0 Å². The van der Waals surface area contributed by atoms with Crippen molar-refractivity contribution in [3.05, 3.63) is 34.2 Å². The van der Waals surface area contributed by atoms with Crippen LogP contribution in [0.4, 0.5) is 0 Å². The summed E-state index contributed by atoms with van der Waals surface area (Å²) in [5, 5.41) is 8.85. The predicted octanol–water partition coefficient (Wildman–Crippen LogP) is 1.51. The van der Waals surface area contributed by atoms with Crippen LogP contribution in [0, 0.1) is 0 Å². The van der Waals surface area contributed by atoms with Gasteiger partial charge in [-0.3, -0.25) is 4.79 Å². The fourth-order valence-electron chi connectivity index (χ4n) is 2.21. The molecule has 0 saturated heterocycles. The molecule has 0 atom stereocenters. The minimum Gasteiger partial charge on any atom is -0.478 e. The van der Waals surface area contributed by atoms with Gasteiger partial charge in [0, 0.05) is 18.8 Å². The zero-order valence-corrected chi connectivity index (χ0v) is 10.2. The molecule has 0 spiro atoms. The van der Waals surface area contributed by atoms with Gasteiger partial charge in [-0.2, -0.15) is 0 Å². The van der Waals surface area contributed by atoms with E-state index < -0.39 is 5.97 Å². The highest BCUT2D eigenvalue weighted by Crippen LogP contribution is 2.20. The van der Waals surface area contributed by atoms with E-state index in [-0.39, 0.29) is 11.1 Å². The average Bonchev–Trinajstić information content (AvgIpc) is 2.84. The van der Waals surface area contributed by atoms with Crippen LogP contribution in [0.5, 0.6) is 0 Å². The topological polar surface area (TPSA) is 68.5 Å². The second kappa shape index (κ2) is 5.82. The molecule has 1 aliphatic carbocycles. The zero-order valence-electron chi connectivity index (χ0n) is 10.2. The first-order valence-electron chi connectivity index (χ1n) is 6.22. The van der Waals surface area contributed by atoms with Crippen LogP contribution >= 0.6 is 0 Å². The van der Waals surface area contributed by atoms with Crippen molar-refractivity contribution >= 4 is 5.97 Å². The number of hydrogen-bond acceptors (Lipinski definition) is 3. The van der Waals surface area contributed by atoms with Gasteiger partial charge in [0.1, 0.15) is 0 Å². The number of rotatable bonds is 5. The lowest BCUT2D eigenvalue weighted by molar-refractivity contribution is 0.0523. The van der Waals surface area contributed by atoms with Crippen LogP contribution in [0.2, 0.25) is 0 Å². The van der Waals surface area contributed by atoms with E-state index in [0.717, 1.165) is 12.8 Å². The predicted molar refractivity (Wildman–Crippen MR) is 65.9 cm³/mol. The van der Waals surface area contributed by atoms with Crippen molar-refractivity contribution in [3.8, 4) is 0 Å². The number of pyridine rings is 1. The minimum absolute atomic E-state index is 0.121. The second-order valence-electron chi connectivity index (χ2n) is 4.53. The molecule has 1 aromatic heterocycles. The number of nitrogens with zero attached hydrogens (tertiary/aromatic N) is 1. The van der Waals surface area contributed by atoms with Crippen molar-refractivity contribution in [1.82, 2.24) is 4.57 Å². The Morgan fingerprint density at radius 2 is 2.11 bits per heavy atom. The normalized spacial score (nSPS) is 16.0. The first-order valence-corrected chi connectivity index (χ1v) is 6.22. The van der Waals surface area contributed by atoms with E-state index >= 15 is 0 Å². The first kappa shape index (κ1) is 12.8. The zero-order chi connectivity index (χ0) is 13.0. The largest absolute Gasteiger partial charge is 0.478 e. The number of carbonyl (C=O) groups is 1. The fourth-order valence-corrected chi connectivity index (χ4v) is 2.21. The van der Waals surface area contributed by atoms with Crippen LogP contribution in [0.3, 0.4) is 0 Å². The van der Waals surface area contributed by atoms with Crippen LogP contribution in [0.15, 0.2) is 23.1 Å². The number of ether oxygens (including phenoxy) is 1. The summed E-state index contributed by atoms with van der Waals surface area (Å²) >= 11 is 0. The van der Waals surface area contributed by atoms with E-state index in [2.05, 4.69) is 0 Å². The third-order valence-corrected chi connectivity index (χ3v) is 3.22. The highest BCUT2D eigenvalue weighted by atomic mass is 16.5. The quantitative estimate of drug-likeness (QED) is 0.861. The molecular formula is C13H17NO4. The summed E-state index contributed by atoms with van der Waals surface area (Å²) in [7, 11) is 0. The smallest absolute Gasteiger partial charge is 0.337 e. The summed E-state index contributed by atoms with van der Waals surface area (Å²) in [4.78, 5) is 22.3. The first-order chi connectivity index (χ1) is 8.66. The molecule has 1 N–H and O–H groups in total. The van der Waals surface area contributed by atoms with E-state index in [9.17, 15) is 9.59 Å². The molecule has 1 fully saturated rings. The summed E-state index contributed by atoms with van der Waals surface area (Å²) < 4.78 is 7.04. The maximum atomic E-state index is 11.5. The molecular weight excluding hydrogens is 234 g/mol. The molecule has 1 aliphatic rings. The number of carboxylic acid groups (broad SMARTS) is 1. The van der Waals surface area contributed by atoms with E-state index in [1.54, 1.807) is 0 Å². The maximum absolute atomic E-state index is 11.5. The van der Waals surface area contributed by atoms with E-state index in [1.807, 2.05) is 0 Å². The lowest BCUT2D eigenvalue weighted by atomic mass is 10.3. The third kappa shape index (κ3) is 3.20. The average molecular weight is 251 g/mol. The van der Waals surface area contributed by atoms with E-state index in [4.69, 9.17) is 9.84 Å². The van der Waals surface area contributed by atoms with Crippen molar-refractivity contribution in [1.29, 1.82) is 0 Å². The lowest BCUT2D eigenvalue weighted by Gasteiger charge is -2.12. The summed E-state index contributed by atoms with van der Waals surface area (Å²) in [5.74, 6) is -1.03. The maximum Gasteiger partial charge on any atom is 0.337 e. The van der Waals surface area contributed by atoms with Crippen LogP contribution in [0.25, 0.3) is 0 Å². The van der Waals surface area contributed by atoms with Gasteiger partial charge in [0.05, 0.1) is 18.3 Å². The molecule has 1 saturated carbocycles. The Labute approximate surface area is 105 Å². The summed E-state index contributed by atoms with van der Waals surface area (Å²) in [6, 6.07) is 2.60. The molecule has 0 amide bonds. The molecule has 98 valence electrons. The molecule has 5 nitrogen and oxygen atoms in total. The minimum atomic E-state index is -1.03. The van der Waals surface area contributed by atoms with Crippen molar-refractivity contribution in [2.24, 2.45) is 0 Å². The van der Waals surface area contributed by atoms with Gasteiger partial charge in [0.2, 0.25) is 0 Å². The fraction of sp³-hybridized carbons (Fsp3) is 0.538. The molecule has 1 heterocycles. The van der Waals surface area contributed by atoms with Gasteiger partial charge in [-0.1, -0.05) is 12.8 Å². The molecule has 1 aromatic rings. The highest BCUT2D eigenvalue weighted by Gasteiger charge is 2.15. The SMILES string of the molecule is O=C(O)c1ccc(=O)n(CCOC2CCCC2)c1. The Hall–Kier alpha value is -1.62. The van der Waals surface area contributed by atoms with Gasteiger partial charge in [0.25, 0.3) is 5.56 Å². The van der Waals surface area contributed by atoms with Crippen molar-refractivity contribution in [2.45, 2.75) is 38.3 Å². The molecule has 18 heavy (non-hydrogen) atoms. The Bertz CT molecular complexity index is 474. The van der Waals surface area contributed by atoms with Gasteiger partial charge in [-0.15, -0.1) is 0 Å². The molecule has 0 aromatic carbocycles. The third-order valence-electron chi connectivity index (χ3n) is 3.22. The molecule has 5 heteroatoms. The molecule has 0 bridgehead atoms. The Morgan fingerprint density at radius 3 is 2.78 bits per heavy atom. The van der Waals surface area contributed by atoms with Crippen LogP contribution in [-0.4, -0.2) is 28.4 Å². The lowest BCUT2D eigenvalue weighted by Crippen LogP contribution is -2.23. The highest BCUT2D eigenvalue weighted by molar-refractivity contribution is 5.87. The second-order valence-corrected chi connectivity index (χ2v) is 4.53. The van der Waals surface area contributed by atoms with Crippen molar-refractivity contribution < 1.29 is 14.6 Å². The monoisotopic (exact) mass is 251 g/mol. The molecule has 0 aliphatic heterocycles. The molecule has 0 radical (unpaired) electrons. The Morgan fingerprint density at radius 1 is 1.39 bits per heavy atom. The van der Waals surface area contributed by atoms with E-state index in [0.29, 0.717) is 19.3 Å². The Balaban J connectivity index is 1.93. The van der Waals surface area contributed by atoms with Gasteiger partial charge < -0.3 is 14.4 Å². The summed E-state index contributed by atoms with van der Waals surface area (Å²) in [6.07, 6.45) is 6.26. The number of aromatic carboxylic acids is 1. The van der Waals surface area contributed by atoms with Crippen LogP contribution in [0.1, 0.15) is 36.0 Å². The summed E-state index contributed by atoms with van der Waals surface area (Å²) in [5.41, 5.74) is -0.0783. The van der Waals surface area contributed by atoms with E-state index in [1.165, 1.54) is 35.7 Å². The number of carboxylic acids is 1. The van der Waals surface area contributed by atoms with Crippen LogP contribution in [-0.2, 0) is 11.3 Å². The number of hydrogen-bond donors (Lipinski definition) is 1. The summed E-state index contributed by atoms with van der Waals surface area (Å²) in [6.45, 7) is 0.851. The van der Waals surface area contributed by atoms with Gasteiger partial charge in [0.15, 0.2) is 0 Å². The number of aromatic nitrogens is 1. The standard InChI is InChI=1S/C13H17NO4/c15-12-6-5-10(13(16)17)9-14(12)7-8-18-11-3-1-2-4-11/h5-6,9,11H,1-4,7-8H2,(H,16,17). The van der Waals surface area contributed by atoms with Gasteiger partial charge >= 0.3 is 5.97 Å². The molecule has 0 unspecified atom stereocenters. The van der Waals surface area contributed by atoms with Gasteiger partial charge in [-0.25, -0.2) is 4.79 Å². The van der Waals surface area contributed by atoms with Crippen LogP contribution < -0.4 is 5.56 Å².